The molecule has 2 fully saturated rings. The van der Waals surface area contributed by atoms with Crippen molar-refractivity contribution in [3.8, 4) is 10.4 Å². The summed E-state index contributed by atoms with van der Waals surface area (Å²) in [4.78, 5) is 74.2. The van der Waals surface area contributed by atoms with Gasteiger partial charge in [0.2, 0.25) is 39.6 Å². The Bertz CT molecular complexity index is 2910. The number of nitrogens with one attached hydrogen (secondary N) is 6. The maximum Gasteiger partial charge on any atom is 0.246 e. The molecule has 0 bridgehead atoms. The minimum atomic E-state index is -3.72. The first kappa shape index (κ1) is 57.2. The fraction of sp³-hybridized carbons (Fsp3) is 0.473. The number of aromatic nitrogens is 3. The van der Waals surface area contributed by atoms with Crippen molar-refractivity contribution < 1.29 is 32.7 Å². The number of nitrogens with zero attached hydrogens (tertiary/aromatic N) is 6. The summed E-state index contributed by atoms with van der Waals surface area (Å²) in [6.45, 7) is 18.8. The highest BCUT2D eigenvalue weighted by Gasteiger charge is 2.44. The summed E-state index contributed by atoms with van der Waals surface area (Å²) >= 11 is 1.57. The Morgan fingerprint density at radius 3 is 2.22 bits per heavy atom. The number of thiazole rings is 1. The van der Waals surface area contributed by atoms with Crippen molar-refractivity contribution >= 4 is 73.8 Å². The van der Waals surface area contributed by atoms with Gasteiger partial charge in [-0.15, -0.1) is 11.3 Å². The largest absolute Gasteiger partial charge is 0.391 e. The number of hydrogen-bond acceptors (Lipinski definition) is 15. The highest BCUT2D eigenvalue weighted by Crippen LogP contribution is 2.30. The number of carbonyl (C=O) groups excluding carboxylic acids is 4. The molecule has 4 heterocycles. The van der Waals surface area contributed by atoms with E-state index in [1.54, 1.807) is 62.6 Å². The van der Waals surface area contributed by atoms with Crippen LogP contribution in [0, 0.1) is 19.3 Å². The van der Waals surface area contributed by atoms with Crippen LogP contribution in [0.2, 0.25) is 0 Å². The van der Waals surface area contributed by atoms with Crippen LogP contribution in [0.5, 0.6) is 0 Å². The summed E-state index contributed by atoms with van der Waals surface area (Å²) in [6.07, 6.45) is 3.13. The van der Waals surface area contributed by atoms with Gasteiger partial charge in [-0.05, 0) is 106 Å². The highest BCUT2D eigenvalue weighted by molar-refractivity contribution is 7.89. The summed E-state index contributed by atoms with van der Waals surface area (Å²) in [5.41, 5.74) is 6.66. The van der Waals surface area contributed by atoms with Crippen molar-refractivity contribution in [1.29, 1.82) is 0 Å². The predicted molar refractivity (Wildman–Crippen MR) is 298 cm³/mol. The lowest BCUT2D eigenvalue weighted by molar-refractivity contribution is -0.144. The number of hydrogen-bond donors (Lipinski definition) is 7. The number of β-amino-alcohol motifs (C(OH)–C–C–N with tert-alkyl or cyclic N) is 1. The van der Waals surface area contributed by atoms with Gasteiger partial charge in [0, 0.05) is 93.0 Å². The van der Waals surface area contributed by atoms with Crippen LogP contribution < -0.4 is 36.2 Å². The number of aryl methyl sites for hydroxylation is 2. The lowest BCUT2D eigenvalue weighted by Gasteiger charge is -2.35. The molecule has 0 spiro atoms. The first-order valence-electron chi connectivity index (χ1n) is 25.9. The quantitative estimate of drug-likeness (QED) is 0.0394. The average molecular weight is 1080 g/mol. The Labute approximate surface area is 451 Å². The second-order valence-electron chi connectivity index (χ2n) is 21.8. The molecule has 2 saturated heterocycles. The summed E-state index contributed by atoms with van der Waals surface area (Å²) in [7, 11) is -3.72. The normalized spacial score (nSPS) is 16.8. The molecule has 2 aromatic heterocycles. The van der Waals surface area contributed by atoms with Gasteiger partial charge in [0.1, 0.15) is 17.9 Å². The lowest BCUT2D eigenvalue weighted by Crippen LogP contribution is -2.57. The Balaban J connectivity index is 0.783. The number of carbonyl (C=O) groups is 4. The number of aliphatic hydroxyl groups excluding tert-OH is 1. The molecule has 0 aliphatic carbocycles. The fourth-order valence-corrected chi connectivity index (χ4v) is 11.4. The number of benzene rings is 3. The van der Waals surface area contributed by atoms with E-state index < -0.39 is 45.1 Å². The third-order valence-electron chi connectivity index (χ3n) is 13.2. The molecule has 19 nitrogen and oxygen atoms in total. The lowest BCUT2D eigenvalue weighted by atomic mass is 9.85. The first-order valence-corrected chi connectivity index (χ1v) is 28.3. The van der Waals surface area contributed by atoms with Gasteiger partial charge < -0.3 is 41.5 Å². The van der Waals surface area contributed by atoms with E-state index in [1.807, 2.05) is 88.7 Å². The standard InChI is InChI=1S/C55H74N12O7S2/c1-36-31-58-53(63-50(36)60-41-13-12-14-44(29-41)76(73,74)64-55(6,7)8)61-40-20-22-42(23-21-40)66-27-25-65(26-28-66)34-47(70)56-24-11-9-10-15-46(69)62-49(54(3,4)5)52(72)67-33-43(68)30-45(67)51(71)57-32-38-16-18-39(19-17-38)48-37(2)59-35-75-48/h12-14,16-23,29,31,35,43,45,49,64,68H,9-11,15,24-28,30,32-34H2,1-8H3,(H,56,70)(H,57,71)(H,62,69)(H2,58,60,61,63)/t43-,45+,49?/m1/s1. The minimum Gasteiger partial charge on any atom is -0.391 e. The molecule has 3 aromatic carbocycles. The molecule has 408 valence electrons. The highest BCUT2D eigenvalue weighted by atomic mass is 32.2. The zero-order valence-electron chi connectivity index (χ0n) is 44.9. The number of piperazine rings is 1. The molecule has 2 aliphatic heterocycles. The third-order valence-corrected chi connectivity index (χ3v) is 15.9. The zero-order valence-corrected chi connectivity index (χ0v) is 46.5. The van der Waals surface area contributed by atoms with E-state index >= 15 is 0 Å². The summed E-state index contributed by atoms with van der Waals surface area (Å²) in [6, 6.07) is 20.7. The van der Waals surface area contributed by atoms with E-state index in [1.165, 1.54) is 4.90 Å². The van der Waals surface area contributed by atoms with Crippen LogP contribution in [0.15, 0.2) is 89.4 Å². The molecule has 0 saturated carbocycles. The molecule has 3 atom stereocenters. The van der Waals surface area contributed by atoms with E-state index in [9.17, 15) is 32.7 Å². The van der Waals surface area contributed by atoms with Gasteiger partial charge >= 0.3 is 0 Å². The van der Waals surface area contributed by atoms with Crippen molar-refractivity contribution in [2.75, 3.05) is 61.3 Å². The van der Waals surface area contributed by atoms with E-state index in [2.05, 4.69) is 56.1 Å². The van der Waals surface area contributed by atoms with Crippen LogP contribution in [0.4, 0.5) is 28.8 Å². The van der Waals surface area contributed by atoms with Crippen molar-refractivity contribution in [3.05, 3.63) is 101 Å². The summed E-state index contributed by atoms with van der Waals surface area (Å²) < 4.78 is 28.6. The Hall–Kier alpha value is -6.52. The van der Waals surface area contributed by atoms with Crippen LogP contribution in [-0.2, 0) is 35.7 Å². The maximum absolute atomic E-state index is 14.1. The number of rotatable bonds is 21. The van der Waals surface area contributed by atoms with Gasteiger partial charge in [-0.1, -0.05) is 57.5 Å². The van der Waals surface area contributed by atoms with Gasteiger partial charge in [-0.25, -0.2) is 23.1 Å². The van der Waals surface area contributed by atoms with E-state index in [0.717, 1.165) is 64.8 Å². The van der Waals surface area contributed by atoms with Gasteiger partial charge in [0.15, 0.2) is 0 Å². The van der Waals surface area contributed by atoms with Gasteiger partial charge in [0.25, 0.3) is 0 Å². The molecule has 5 aromatic rings. The molecule has 0 radical (unpaired) electrons. The molecule has 4 amide bonds. The van der Waals surface area contributed by atoms with Gasteiger partial charge in [-0.3, -0.25) is 24.1 Å². The second kappa shape index (κ2) is 25.1. The number of unbranched alkanes of at least 4 members (excludes halogenated alkanes) is 2. The van der Waals surface area contributed by atoms with E-state index in [-0.39, 0.29) is 48.5 Å². The van der Waals surface area contributed by atoms with Crippen LogP contribution in [0.3, 0.4) is 0 Å². The van der Waals surface area contributed by atoms with Crippen molar-refractivity contribution in [2.45, 2.75) is 123 Å². The molecule has 2 aliphatic rings. The number of amides is 4. The van der Waals surface area contributed by atoms with Crippen molar-refractivity contribution in [3.63, 3.8) is 0 Å². The number of anilines is 5. The Kier molecular flexibility index (Phi) is 18.9. The fourth-order valence-electron chi connectivity index (χ4n) is 9.11. The topological polar surface area (TPSA) is 243 Å². The number of sulfonamides is 1. The second-order valence-corrected chi connectivity index (χ2v) is 24.3. The number of likely N-dealkylation sites (tertiary alicyclic amines) is 1. The Morgan fingerprint density at radius 1 is 0.829 bits per heavy atom. The minimum absolute atomic E-state index is 0.00132. The Morgan fingerprint density at radius 2 is 1.55 bits per heavy atom. The van der Waals surface area contributed by atoms with Gasteiger partial charge in [0.05, 0.1) is 33.6 Å². The molecule has 1 unspecified atom stereocenters. The summed E-state index contributed by atoms with van der Waals surface area (Å²) in [5.74, 6) is -0.156. The molecular weight excluding hydrogens is 1000 g/mol. The molecule has 76 heavy (non-hydrogen) atoms. The molecular formula is C55H74N12O7S2. The maximum atomic E-state index is 14.1. The van der Waals surface area contributed by atoms with Crippen LogP contribution >= 0.6 is 11.3 Å². The molecule has 21 heteroatoms. The van der Waals surface area contributed by atoms with Gasteiger partial charge in [-0.2, -0.15) is 4.98 Å². The SMILES string of the molecule is Cc1cnc(Nc2ccc(N3CCN(CC(=O)NCCCCCC(=O)NC(C(=O)N4C[C@H](O)C[C@H]4C(=O)NCc4ccc(-c5scnc5C)cc4)C(C)(C)C)CC3)cc2)nc1Nc1cccc(S(=O)(=O)NC(C)(C)C)c1. The average Bonchev–Trinajstić information content (AvgIpc) is 3.99. The van der Waals surface area contributed by atoms with Crippen molar-refractivity contribution in [1.82, 2.24) is 45.4 Å². The monoisotopic (exact) mass is 1080 g/mol. The third kappa shape index (κ3) is 16.0. The van der Waals surface area contributed by atoms with E-state index in [0.29, 0.717) is 49.8 Å². The first-order chi connectivity index (χ1) is 36.0. The van der Waals surface area contributed by atoms with Crippen LogP contribution in [0.1, 0.15) is 90.5 Å². The van der Waals surface area contributed by atoms with Crippen molar-refractivity contribution in [2.24, 2.45) is 5.41 Å². The predicted octanol–water partition coefficient (Wildman–Crippen LogP) is 6.39. The van der Waals surface area contributed by atoms with Crippen LogP contribution in [-0.4, -0.2) is 131 Å². The molecule has 7 rings (SSSR count). The molecule has 7 N–H and O–H groups in total. The number of aliphatic hydroxyl groups is 1. The summed E-state index contributed by atoms with van der Waals surface area (Å²) in [5, 5.41) is 26.0. The zero-order chi connectivity index (χ0) is 54.8. The van der Waals surface area contributed by atoms with E-state index in [4.69, 9.17) is 0 Å². The smallest absolute Gasteiger partial charge is 0.246 e. The van der Waals surface area contributed by atoms with Crippen LogP contribution in [0.25, 0.3) is 10.4 Å².